The minimum atomic E-state index is -1.17. The van der Waals surface area contributed by atoms with Crippen LogP contribution in [0.4, 0.5) is 0 Å². The SMILES string of the molecule is C1=C2CCC(C1)C2.NC(CCC(=O)O)C(=O)O. The van der Waals surface area contributed by atoms with E-state index in [4.69, 9.17) is 15.9 Å². The van der Waals surface area contributed by atoms with Crippen molar-refractivity contribution in [2.75, 3.05) is 0 Å². The first-order valence-electron chi connectivity index (χ1n) is 5.87. The molecule has 1 fully saturated rings. The molecule has 96 valence electrons. The maximum absolute atomic E-state index is 9.99. The van der Waals surface area contributed by atoms with Crippen LogP contribution in [0.1, 0.15) is 38.5 Å². The number of nitrogens with two attached hydrogens (primary N) is 1. The van der Waals surface area contributed by atoms with Crippen molar-refractivity contribution in [3.8, 4) is 0 Å². The molecule has 2 bridgehead atoms. The highest BCUT2D eigenvalue weighted by Gasteiger charge is 2.22. The number of fused-ring (bicyclic) bond motifs is 2. The van der Waals surface area contributed by atoms with E-state index in [2.05, 4.69) is 6.08 Å². The molecule has 0 radical (unpaired) electrons. The average molecular weight is 241 g/mol. The normalized spacial score (nSPS) is 22.4. The van der Waals surface area contributed by atoms with Gasteiger partial charge in [0.1, 0.15) is 6.04 Å². The number of rotatable bonds is 4. The highest BCUT2D eigenvalue weighted by Crippen LogP contribution is 2.38. The molecule has 4 N–H and O–H groups in total. The van der Waals surface area contributed by atoms with E-state index in [0.717, 1.165) is 5.92 Å². The summed E-state index contributed by atoms with van der Waals surface area (Å²) >= 11 is 0. The number of allylic oxidation sites excluding steroid dienone is 2. The second-order valence-corrected chi connectivity index (χ2v) is 4.58. The Hall–Kier alpha value is -1.36. The minimum Gasteiger partial charge on any atom is -0.481 e. The summed E-state index contributed by atoms with van der Waals surface area (Å²) < 4.78 is 0. The van der Waals surface area contributed by atoms with E-state index in [1.807, 2.05) is 0 Å². The molecule has 2 aliphatic carbocycles. The van der Waals surface area contributed by atoms with Crippen LogP contribution in [0.5, 0.6) is 0 Å². The topological polar surface area (TPSA) is 101 Å². The van der Waals surface area contributed by atoms with Crippen molar-refractivity contribution < 1.29 is 19.8 Å². The monoisotopic (exact) mass is 241 g/mol. The molecule has 0 heterocycles. The van der Waals surface area contributed by atoms with E-state index in [9.17, 15) is 9.59 Å². The molecule has 1 saturated carbocycles. The maximum atomic E-state index is 9.99. The van der Waals surface area contributed by atoms with Crippen molar-refractivity contribution in [3.63, 3.8) is 0 Å². The maximum Gasteiger partial charge on any atom is 0.320 e. The molecule has 0 aliphatic heterocycles. The van der Waals surface area contributed by atoms with E-state index in [-0.39, 0.29) is 12.8 Å². The number of hydrogen-bond donors (Lipinski definition) is 3. The molecule has 0 saturated heterocycles. The van der Waals surface area contributed by atoms with E-state index in [0.29, 0.717) is 0 Å². The smallest absolute Gasteiger partial charge is 0.320 e. The summed E-state index contributed by atoms with van der Waals surface area (Å²) in [5.74, 6) is -1.12. The fourth-order valence-corrected chi connectivity index (χ4v) is 2.09. The van der Waals surface area contributed by atoms with Gasteiger partial charge in [-0.05, 0) is 38.0 Å². The first-order valence-corrected chi connectivity index (χ1v) is 5.87. The summed E-state index contributed by atoms with van der Waals surface area (Å²) in [5.41, 5.74) is 6.74. The van der Waals surface area contributed by atoms with Gasteiger partial charge in [0.05, 0.1) is 0 Å². The van der Waals surface area contributed by atoms with Gasteiger partial charge in [-0.1, -0.05) is 11.6 Å². The van der Waals surface area contributed by atoms with Crippen LogP contribution < -0.4 is 5.73 Å². The Balaban J connectivity index is 0.000000177. The van der Waals surface area contributed by atoms with Crippen molar-refractivity contribution in [1.82, 2.24) is 0 Å². The van der Waals surface area contributed by atoms with Gasteiger partial charge in [0.2, 0.25) is 0 Å². The average Bonchev–Trinajstić information content (AvgIpc) is 2.90. The third kappa shape index (κ3) is 4.99. The predicted molar refractivity (Wildman–Crippen MR) is 62.5 cm³/mol. The second-order valence-electron chi connectivity index (χ2n) is 4.58. The van der Waals surface area contributed by atoms with Crippen LogP contribution in [-0.4, -0.2) is 28.2 Å². The summed E-state index contributed by atoms with van der Waals surface area (Å²) in [4.78, 5) is 19.9. The van der Waals surface area contributed by atoms with Crippen LogP contribution in [0.2, 0.25) is 0 Å². The molecule has 0 spiro atoms. The third-order valence-corrected chi connectivity index (χ3v) is 3.15. The van der Waals surface area contributed by atoms with Crippen LogP contribution in [0.3, 0.4) is 0 Å². The molecule has 2 rings (SSSR count). The Morgan fingerprint density at radius 1 is 1.47 bits per heavy atom. The van der Waals surface area contributed by atoms with Gasteiger partial charge in [0.15, 0.2) is 0 Å². The Kier molecular flexibility index (Phi) is 5.15. The van der Waals surface area contributed by atoms with Gasteiger partial charge in [0.25, 0.3) is 0 Å². The highest BCUT2D eigenvalue weighted by molar-refractivity contribution is 5.74. The summed E-state index contributed by atoms with van der Waals surface area (Å²) in [7, 11) is 0. The van der Waals surface area contributed by atoms with Crippen LogP contribution >= 0.6 is 0 Å². The van der Waals surface area contributed by atoms with Gasteiger partial charge in [0, 0.05) is 6.42 Å². The van der Waals surface area contributed by atoms with Crippen molar-refractivity contribution in [1.29, 1.82) is 0 Å². The van der Waals surface area contributed by atoms with Gasteiger partial charge in [-0.15, -0.1) is 0 Å². The lowest BCUT2D eigenvalue weighted by atomic mass is 10.1. The van der Waals surface area contributed by atoms with Gasteiger partial charge >= 0.3 is 11.9 Å². The first-order chi connectivity index (χ1) is 7.99. The van der Waals surface area contributed by atoms with Gasteiger partial charge in [-0.25, -0.2) is 0 Å². The number of aliphatic carboxylic acids is 2. The van der Waals surface area contributed by atoms with E-state index in [1.165, 1.54) is 25.7 Å². The third-order valence-electron chi connectivity index (χ3n) is 3.15. The zero-order valence-corrected chi connectivity index (χ0v) is 9.76. The zero-order chi connectivity index (χ0) is 12.8. The molecule has 0 aromatic carbocycles. The molecule has 2 aliphatic rings. The molecule has 0 aromatic rings. The molecule has 0 aromatic heterocycles. The fraction of sp³-hybridized carbons (Fsp3) is 0.667. The summed E-state index contributed by atoms with van der Waals surface area (Å²) in [6.45, 7) is 0. The predicted octanol–water partition coefficient (Wildman–Crippen LogP) is 1.38. The zero-order valence-electron chi connectivity index (χ0n) is 9.76. The van der Waals surface area contributed by atoms with Crippen molar-refractivity contribution >= 4 is 11.9 Å². The van der Waals surface area contributed by atoms with Gasteiger partial charge in [-0.3, -0.25) is 9.59 Å². The molecule has 0 amide bonds. The molecule has 5 nitrogen and oxygen atoms in total. The van der Waals surface area contributed by atoms with Crippen molar-refractivity contribution in [2.24, 2.45) is 11.7 Å². The van der Waals surface area contributed by atoms with Crippen molar-refractivity contribution in [3.05, 3.63) is 11.6 Å². The lowest BCUT2D eigenvalue weighted by Gasteiger charge is -2.01. The molecular formula is C12H19NO4. The largest absolute Gasteiger partial charge is 0.481 e. The standard InChI is InChI=1S/C7H10.C5H9NO4/c1-2-7-4-3-6(1)5-7;6-3(5(9)10)1-2-4(7)8/h1,7H,2-5H2;3H,1-2,6H2,(H,7,8)(H,9,10). The van der Waals surface area contributed by atoms with Gasteiger partial charge in [-0.2, -0.15) is 0 Å². The number of carbonyl (C=O) groups is 2. The molecule has 17 heavy (non-hydrogen) atoms. The lowest BCUT2D eigenvalue weighted by molar-refractivity contribution is -0.139. The first kappa shape index (κ1) is 13.7. The molecular weight excluding hydrogens is 222 g/mol. The van der Waals surface area contributed by atoms with Crippen LogP contribution in [0.25, 0.3) is 0 Å². The summed E-state index contributed by atoms with van der Waals surface area (Å²) in [5, 5.41) is 16.3. The Bertz CT molecular complexity index is 324. The minimum absolute atomic E-state index is 0.0231. The molecule has 2 atom stereocenters. The van der Waals surface area contributed by atoms with Crippen LogP contribution in [0.15, 0.2) is 11.6 Å². The fourth-order valence-electron chi connectivity index (χ4n) is 2.09. The van der Waals surface area contributed by atoms with E-state index in [1.54, 1.807) is 5.57 Å². The number of carboxylic acids is 2. The summed E-state index contributed by atoms with van der Waals surface area (Å²) in [6.07, 6.45) is 7.96. The molecule has 2 unspecified atom stereocenters. The number of hydrogen-bond acceptors (Lipinski definition) is 3. The lowest BCUT2D eigenvalue weighted by Crippen LogP contribution is -2.30. The number of carboxylic acid groups (broad SMARTS) is 2. The Morgan fingerprint density at radius 3 is 2.41 bits per heavy atom. The quantitative estimate of drug-likeness (QED) is 0.645. The van der Waals surface area contributed by atoms with E-state index >= 15 is 0 Å². The van der Waals surface area contributed by atoms with E-state index < -0.39 is 18.0 Å². The molecule has 5 heteroatoms. The van der Waals surface area contributed by atoms with Crippen LogP contribution in [0, 0.1) is 5.92 Å². The Labute approximate surface area is 100 Å². The highest BCUT2D eigenvalue weighted by atomic mass is 16.4. The van der Waals surface area contributed by atoms with Gasteiger partial charge < -0.3 is 15.9 Å². The Morgan fingerprint density at radius 2 is 2.18 bits per heavy atom. The second kappa shape index (κ2) is 6.39. The van der Waals surface area contributed by atoms with Crippen molar-refractivity contribution in [2.45, 2.75) is 44.6 Å². The van der Waals surface area contributed by atoms with Crippen LogP contribution in [-0.2, 0) is 9.59 Å². The summed E-state index contributed by atoms with van der Waals surface area (Å²) in [6, 6.07) is -1.06.